The molecule has 2 rings (SSSR count). The van der Waals surface area contributed by atoms with Gasteiger partial charge in [-0.25, -0.2) is 13.2 Å². The molecule has 0 aliphatic rings. The third kappa shape index (κ3) is 4.35. The molecular weight excluding hydrogens is 335 g/mol. The molecule has 0 aromatic heterocycles. The number of halogens is 3. The van der Waals surface area contributed by atoms with Crippen LogP contribution in [0.1, 0.15) is 21.5 Å². The lowest BCUT2D eigenvalue weighted by Gasteiger charge is -2.16. The van der Waals surface area contributed by atoms with Crippen LogP contribution in [0.2, 0.25) is 0 Å². The van der Waals surface area contributed by atoms with Gasteiger partial charge in [0.25, 0.3) is 5.91 Å². The van der Waals surface area contributed by atoms with Crippen molar-refractivity contribution in [1.82, 2.24) is 5.32 Å². The highest BCUT2D eigenvalue weighted by molar-refractivity contribution is 5.97. The number of hydrogen-bond donors (Lipinski definition) is 2. The first-order chi connectivity index (χ1) is 11.8. The molecule has 0 aliphatic carbocycles. The highest BCUT2D eigenvalue weighted by Crippen LogP contribution is 2.15. The second-order valence-electron chi connectivity index (χ2n) is 5.19. The molecular formula is C17H12F3N3O2. The summed E-state index contributed by atoms with van der Waals surface area (Å²) in [4.78, 5) is 23.6. The fourth-order valence-electron chi connectivity index (χ4n) is 2.16. The van der Waals surface area contributed by atoms with Crippen LogP contribution in [0.3, 0.4) is 0 Å². The molecule has 1 atom stereocenters. The summed E-state index contributed by atoms with van der Waals surface area (Å²) in [6, 6.07) is 7.53. The first kappa shape index (κ1) is 18.0. The number of carbonyl (C=O) groups is 2. The summed E-state index contributed by atoms with van der Waals surface area (Å²) in [7, 11) is 0. The number of nitrogens with zero attached hydrogens (tertiary/aromatic N) is 1. The number of benzene rings is 2. The van der Waals surface area contributed by atoms with Gasteiger partial charge in [-0.1, -0.05) is 12.1 Å². The van der Waals surface area contributed by atoms with Crippen molar-refractivity contribution >= 4 is 11.8 Å². The number of hydrogen-bond acceptors (Lipinski definition) is 3. The van der Waals surface area contributed by atoms with E-state index in [9.17, 15) is 22.8 Å². The average Bonchev–Trinajstić information content (AvgIpc) is 2.53. The van der Waals surface area contributed by atoms with Crippen molar-refractivity contribution < 1.29 is 22.8 Å². The minimum absolute atomic E-state index is 0.0444. The van der Waals surface area contributed by atoms with E-state index in [-0.39, 0.29) is 6.42 Å². The van der Waals surface area contributed by atoms with E-state index >= 15 is 0 Å². The molecule has 2 aromatic carbocycles. The van der Waals surface area contributed by atoms with E-state index in [4.69, 9.17) is 11.0 Å². The second kappa shape index (κ2) is 7.49. The average molecular weight is 347 g/mol. The van der Waals surface area contributed by atoms with Crippen molar-refractivity contribution in [2.75, 3.05) is 0 Å². The molecule has 8 heteroatoms. The van der Waals surface area contributed by atoms with Gasteiger partial charge in [0.05, 0.1) is 11.6 Å². The maximum atomic E-state index is 13.6. The lowest BCUT2D eigenvalue weighted by molar-refractivity contribution is -0.119. The zero-order valence-electron chi connectivity index (χ0n) is 12.7. The molecule has 0 radical (unpaired) electrons. The summed E-state index contributed by atoms with van der Waals surface area (Å²) in [5.74, 6) is -6.10. The van der Waals surface area contributed by atoms with Crippen LogP contribution < -0.4 is 11.1 Å². The molecule has 0 heterocycles. The molecule has 0 fully saturated rings. The number of amides is 2. The Labute approximate surface area is 140 Å². The van der Waals surface area contributed by atoms with E-state index in [2.05, 4.69) is 5.32 Å². The minimum Gasteiger partial charge on any atom is -0.368 e. The largest absolute Gasteiger partial charge is 0.368 e. The molecule has 3 N–H and O–H groups in total. The number of carbonyl (C=O) groups excluding carboxylic acids is 2. The van der Waals surface area contributed by atoms with Crippen LogP contribution >= 0.6 is 0 Å². The predicted octanol–water partition coefficient (Wildman–Crippen LogP) is 1.80. The van der Waals surface area contributed by atoms with Gasteiger partial charge in [-0.3, -0.25) is 9.59 Å². The van der Waals surface area contributed by atoms with Crippen molar-refractivity contribution in [3.8, 4) is 6.07 Å². The van der Waals surface area contributed by atoms with Gasteiger partial charge in [0.15, 0.2) is 0 Å². The van der Waals surface area contributed by atoms with Crippen molar-refractivity contribution in [1.29, 1.82) is 5.26 Å². The van der Waals surface area contributed by atoms with Gasteiger partial charge in [-0.15, -0.1) is 0 Å². The summed E-state index contributed by atoms with van der Waals surface area (Å²) >= 11 is 0. The van der Waals surface area contributed by atoms with Crippen molar-refractivity contribution in [2.24, 2.45) is 5.73 Å². The Morgan fingerprint density at radius 1 is 1.12 bits per heavy atom. The number of nitriles is 1. The third-order valence-corrected chi connectivity index (χ3v) is 3.41. The van der Waals surface area contributed by atoms with Crippen LogP contribution in [0.15, 0.2) is 36.4 Å². The van der Waals surface area contributed by atoms with Crippen molar-refractivity contribution in [3.05, 3.63) is 70.5 Å². The first-order valence-corrected chi connectivity index (χ1v) is 7.05. The van der Waals surface area contributed by atoms with Crippen LogP contribution in [-0.4, -0.2) is 17.9 Å². The molecule has 0 saturated heterocycles. The SMILES string of the molecule is N#Cc1ccc(C[C@H](NC(=O)c2c(F)cc(F)cc2F)C(N)=O)cc1. The van der Waals surface area contributed by atoms with Crippen molar-refractivity contribution in [2.45, 2.75) is 12.5 Å². The predicted molar refractivity (Wildman–Crippen MR) is 81.6 cm³/mol. The molecule has 0 saturated carbocycles. The van der Waals surface area contributed by atoms with Gasteiger partial charge in [-0.2, -0.15) is 5.26 Å². The van der Waals surface area contributed by atoms with E-state index in [0.29, 0.717) is 23.3 Å². The summed E-state index contributed by atoms with van der Waals surface area (Å²) < 4.78 is 40.2. The molecule has 128 valence electrons. The molecule has 0 bridgehead atoms. The second-order valence-corrected chi connectivity index (χ2v) is 5.19. The number of nitrogens with two attached hydrogens (primary N) is 1. The molecule has 25 heavy (non-hydrogen) atoms. The smallest absolute Gasteiger partial charge is 0.257 e. The Morgan fingerprint density at radius 3 is 2.16 bits per heavy atom. The Morgan fingerprint density at radius 2 is 1.68 bits per heavy atom. The summed E-state index contributed by atoms with van der Waals surface area (Å²) in [6.45, 7) is 0. The maximum Gasteiger partial charge on any atom is 0.257 e. The standard InChI is InChI=1S/C17H12F3N3O2/c18-11-6-12(19)15(13(20)7-11)17(25)23-14(16(22)24)5-9-1-3-10(8-21)4-2-9/h1-4,6-7,14H,5H2,(H2,22,24)(H,23,25)/t14-/m0/s1. The Balaban J connectivity index is 2.20. The Kier molecular flexibility index (Phi) is 5.39. The molecule has 0 unspecified atom stereocenters. The molecule has 0 spiro atoms. The van der Waals surface area contributed by atoms with Crippen LogP contribution in [0.25, 0.3) is 0 Å². The topological polar surface area (TPSA) is 96.0 Å². The van der Waals surface area contributed by atoms with E-state index < -0.39 is 40.9 Å². The van der Waals surface area contributed by atoms with E-state index in [1.165, 1.54) is 12.1 Å². The third-order valence-electron chi connectivity index (χ3n) is 3.41. The van der Waals surface area contributed by atoms with Gasteiger partial charge >= 0.3 is 0 Å². The highest BCUT2D eigenvalue weighted by Gasteiger charge is 2.24. The lowest BCUT2D eigenvalue weighted by atomic mass is 10.0. The molecule has 5 nitrogen and oxygen atoms in total. The van der Waals surface area contributed by atoms with Crippen LogP contribution in [0, 0.1) is 28.8 Å². The monoisotopic (exact) mass is 347 g/mol. The first-order valence-electron chi connectivity index (χ1n) is 7.05. The van der Waals surface area contributed by atoms with Gasteiger partial charge in [-0.05, 0) is 17.7 Å². The number of rotatable bonds is 5. The highest BCUT2D eigenvalue weighted by atomic mass is 19.1. The van der Waals surface area contributed by atoms with Crippen molar-refractivity contribution in [3.63, 3.8) is 0 Å². The van der Waals surface area contributed by atoms with Gasteiger partial charge in [0.1, 0.15) is 29.1 Å². The minimum atomic E-state index is -1.39. The van der Waals surface area contributed by atoms with Crippen LogP contribution in [0.4, 0.5) is 13.2 Å². The fourth-order valence-corrected chi connectivity index (χ4v) is 2.16. The number of nitrogens with one attached hydrogen (secondary N) is 1. The number of primary amides is 1. The van der Waals surface area contributed by atoms with Gasteiger partial charge in [0, 0.05) is 18.6 Å². The summed E-state index contributed by atoms with van der Waals surface area (Å²) in [6.07, 6.45) is -0.0444. The fraction of sp³-hybridized carbons (Fsp3) is 0.118. The molecule has 0 aliphatic heterocycles. The van der Waals surface area contributed by atoms with E-state index in [1.807, 2.05) is 6.07 Å². The zero-order chi connectivity index (χ0) is 18.6. The van der Waals surface area contributed by atoms with Crippen LogP contribution in [-0.2, 0) is 11.2 Å². The van der Waals surface area contributed by atoms with E-state index in [0.717, 1.165) is 0 Å². The summed E-state index contributed by atoms with van der Waals surface area (Å²) in [5.41, 5.74) is 5.18. The Bertz CT molecular complexity index is 837. The van der Waals surface area contributed by atoms with Gasteiger partial charge in [0.2, 0.25) is 5.91 Å². The molecule has 2 aromatic rings. The summed E-state index contributed by atoms with van der Waals surface area (Å²) in [5, 5.41) is 10.9. The lowest BCUT2D eigenvalue weighted by Crippen LogP contribution is -2.46. The normalized spacial score (nSPS) is 11.4. The quantitative estimate of drug-likeness (QED) is 0.863. The van der Waals surface area contributed by atoms with Gasteiger partial charge < -0.3 is 11.1 Å². The van der Waals surface area contributed by atoms with Crippen LogP contribution in [0.5, 0.6) is 0 Å². The molecule has 2 amide bonds. The zero-order valence-corrected chi connectivity index (χ0v) is 12.7. The van der Waals surface area contributed by atoms with E-state index in [1.54, 1.807) is 12.1 Å². The maximum absolute atomic E-state index is 13.6. The Hall–Kier alpha value is -3.34.